The lowest BCUT2D eigenvalue weighted by molar-refractivity contribution is 0.351. The lowest BCUT2D eigenvalue weighted by atomic mass is 9.89. The molecule has 0 aromatic rings. The van der Waals surface area contributed by atoms with Crippen molar-refractivity contribution in [2.45, 2.75) is 50.9 Å². The summed E-state index contributed by atoms with van der Waals surface area (Å²) in [4.78, 5) is 0. The first-order valence-electron chi connectivity index (χ1n) is 6.19. The molecule has 0 spiro atoms. The quantitative estimate of drug-likeness (QED) is 0.784. The minimum atomic E-state index is -3.32. The zero-order valence-electron chi connectivity index (χ0n) is 10.8. The van der Waals surface area contributed by atoms with Crippen LogP contribution in [0, 0.1) is 5.92 Å². The molecule has 0 radical (unpaired) electrons. The monoisotopic (exact) mass is 282 g/mol. The summed E-state index contributed by atoms with van der Waals surface area (Å²) in [6, 6.07) is -0.0221. The molecule has 0 bridgehead atoms. The summed E-state index contributed by atoms with van der Waals surface area (Å²) in [5.74, 6) is 0.431. The molecule has 0 aromatic carbocycles. The van der Waals surface area contributed by atoms with E-state index < -0.39 is 10.2 Å². The van der Waals surface area contributed by atoms with Crippen molar-refractivity contribution in [2.75, 3.05) is 13.6 Å². The van der Waals surface area contributed by atoms with E-state index in [1.807, 2.05) is 13.8 Å². The summed E-state index contributed by atoms with van der Waals surface area (Å²) < 4.78 is 27.8. The van der Waals surface area contributed by atoms with Gasteiger partial charge in [0.2, 0.25) is 0 Å². The SMILES string of the molecule is CC(C)N(C)S(=O)(=O)NCC1CCC(Cl)CC1. The lowest BCUT2D eigenvalue weighted by Crippen LogP contribution is -2.43. The van der Waals surface area contributed by atoms with Gasteiger partial charge in [0, 0.05) is 25.0 Å². The zero-order valence-corrected chi connectivity index (χ0v) is 12.4. The largest absolute Gasteiger partial charge is 0.279 e. The standard InChI is InChI=1S/C11H23ClN2O2S/c1-9(2)14(3)17(15,16)13-8-10-4-6-11(12)7-5-10/h9-11,13H,4-8H2,1-3H3. The number of nitrogens with zero attached hydrogens (tertiary/aromatic N) is 1. The number of hydrogen-bond donors (Lipinski definition) is 1. The van der Waals surface area contributed by atoms with E-state index in [2.05, 4.69) is 4.72 Å². The molecule has 0 aromatic heterocycles. The third kappa shape index (κ3) is 4.73. The van der Waals surface area contributed by atoms with E-state index in [9.17, 15) is 8.42 Å². The van der Waals surface area contributed by atoms with Crippen LogP contribution in [0.3, 0.4) is 0 Å². The number of hydrogen-bond acceptors (Lipinski definition) is 2. The molecule has 1 N–H and O–H groups in total. The van der Waals surface area contributed by atoms with Crippen molar-refractivity contribution in [2.24, 2.45) is 5.92 Å². The Balaban J connectivity index is 2.40. The van der Waals surface area contributed by atoms with Gasteiger partial charge < -0.3 is 0 Å². The van der Waals surface area contributed by atoms with Crippen LogP contribution in [0.5, 0.6) is 0 Å². The molecule has 0 amide bonds. The van der Waals surface area contributed by atoms with Gasteiger partial charge in [0.05, 0.1) is 0 Å². The first-order chi connectivity index (χ1) is 7.83. The van der Waals surface area contributed by atoms with Crippen molar-refractivity contribution in [3.8, 4) is 0 Å². The van der Waals surface area contributed by atoms with Crippen molar-refractivity contribution in [3.63, 3.8) is 0 Å². The fraction of sp³-hybridized carbons (Fsp3) is 1.00. The van der Waals surface area contributed by atoms with Gasteiger partial charge in [0.1, 0.15) is 0 Å². The summed E-state index contributed by atoms with van der Waals surface area (Å²) in [6.45, 7) is 4.25. The van der Waals surface area contributed by atoms with Crippen LogP contribution in [-0.2, 0) is 10.2 Å². The van der Waals surface area contributed by atoms with E-state index in [4.69, 9.17) is 11.6 Å². The van der Waals surface area contributed by atoms with E-state index in [0.717, 1.165) is 25.7 Å². The van der Waals surface area contributed by atoms with Crippen LogP contribution < -0.4 is 4.72 Å². The Bertz CT molecular complexity index is 324. The first-order valence-corrected chi connectivity index (χ1v) is 8.07. The molecule has 1 fully saturated rings. The average Bonchev–Trinajstić information content (AvgIpc) is 2.27. The van der Waals surface area contributed by atoms with E-state index >= 15 is 0 Å². The molecule has 4 nitrogen and oxygen atoms in total. The van der Waals surface area contributed by atoms with Crippen LogP contribution in [0.4, 0.5) is 0 Å². The van der Waals surface area contributed by atoms with Gasteiger partial charge in [-0.05, 0) is 45.4 Å². The molecule has 17 heavy (non-hydrogen) atoms. The van der Waals surface area contributed by atoms with Crippen LogP contribution in [0.25, 0.3) is 0 Å². The molecule has 1 aliphatic rings. The third-order valence-corrected chi connectivity index (χ3v) is 5.58. The number of alkyl halides is 1. The van der Waals surface area contributed by atoms with Crippen molar-refractivity contribution < 1.29 is 8.42 Å². The van der Waals surface area contributed by atoms with Gasteiger partial charge in [-0.2, -0.15) is 12.7 Å². The Morgan fingerprint density at radius 3 is 2.29 bits per heavy atom. The fourth-order valence-corrected chi connectivity index (χ4v) is 3.39. The van der Waals surface area contributed by atoms with Gasteiger partial charge in [-0.25, -0.2) is 4.72 Å². The smallest absolute Gasteiger partial charge is 0.202 e. The van der Waals surface area contributed by atoms with Crippen LogP contribution >= 0.6 is 11.6 Å². The molecule has 0 atom stereocenters. The van der Waals surface area contributed by atoms with Gasteiger partial charge in [0.15, 0.2) is 0 Å². The number of halogens is 1. The van der Waals surface area contributed by atoms with Crippen molar-refractivity contribution in [1.29, 1.82) is 0 Å². The normalized spacial score (nSPS) is 26.7. The highest BCUT2D eigenvalue weighted by atomic mass is 35.5. The minimum absolute atomic E-state index is 0.0221. The summed E-state index contributed by atoms with van der Waals surface area (Å²) >= 11 is 6.02. The maximum Gasteiger partial charge on any atom is 0.279 e. The molecule has 0 saturated heterocycles. The van der Waals surface area contributed by atoms with E-state index in [0.29, 0.717) is 12.5 Å². The van der Waals surface area contributed by atoms with Crippen LogP contribution in [0.1, 0.15) is 39.5 Å². The number of nitrogens with one attached hydrogen (secondary N) is 1. The Labute approximate surface area is 110 Å². The van der Waals surface area contributed by atoms with Gasteiger partial charge in [-0.3, -0.25) is 0 Å². The highest BCUT2D eigenvalue weighted by Gasteiger charge is 2.24. The Morgan fingerprint density at radius 1 is 1.29 bits per heavy atom. The highest BCUT2D eigenvalue weighted by molar-refractivity contribution is 7.87. The molecular weight excluding hydrogens is 260 g/mol. The van der Waals surface area contributed by atoms with Gasteiger partial charge in [-0.1, -0.05) is 0 Å². The summed E-state index contributed by atoms with van der Waals surface area (Å²) in [6.07, 6.45) is 4.02. The zero-order chi connectivity index (χ0) is 13.1. The second-order valence-electron chi connectivity index (χ2n) is 5.08. The maximum atomic E-state index is 11.9. The number of rotatable bonds is 5. The Kier molecular flexibility index (Phi) is 5.70. The lowest BCUT2D eigenvalue weighted by Gasteiger charge is -2.27. The molecular formula is C11H23ClN2O2S. The van der Waals surface area contributed by atoms with Crippen molar-refractivity contribution in [3.05, 3.63) is 0 Å². The second-order valence-corrected chi connectivity index (χ2v) is 7.51. The van der Waals surface area contributed by atoms with Crippen LogP contribution in [0.15, 0.2) is 0 Å². The van der Waals surface area contributed by atoms with Crippen LogP contribution in [-0.4, -0.2) is 37.7 Å². The minimum Gasteiger partial charge on any atom is -0.202 e. The molecule has 1 rings (SSSR count). The molecule has 0 aliphatic heterocycles. The van der Waals surface area contributed by atoms with Gasteiger partial charge in [0.25, 0.3) is 10.2 Å². The fourth-order valence-electron chi connectivity index (χ4n) is 1.93. The van der Waals surface area contributed by atoms with Crippen LogP contribution in [0.2, 0.25) is 0 Å². The highest BCUT2D eigenvalue weighted by Crippen LogP contribution is 2.27. The second kappa shape index (κ2) is 6.36. The van der Waals surface area contributed by atoms with E-state index in [-0.39, 0.29) is 11.4 Å². The Morgan fingerprint density at radius 2 is 1.82 bits per heavy atom. The summed E-state index contributed by atoms with van der Waals surface area (Å²) in [7, 11) is -1.72. The van der Waals surface area contributed by atoms with E-state index in [1.165, 1.54) is 4.31 Å². The van der Waals surface area contributed by atoms with E-state index in [1.54, 1.807) is 7.05 Å². The third-order valence-electron chi connectivity index (χ3n) is 3.44. The first kappa shape index (κ1) is 15.2. The van der Waals surface area contributed by atoms with Crippen molar-refractivity contribution in [1.82, 2.24) is 9.03 Å². The summed E-state index contributed by atoms with van der Waals surface area (Å²) in [5.41, 5.74) is 0. The Hall–Kier alpha value is 0.160. The molecule has 1 saturated carbocycles. The molecule has 102 valence electrons. The predicted molar refractivity (Wildman–Crippen MR) is 71.4 cm³/mol. The molecule has 6 heteroatoms. The maximum absolute atomic E-state index is 11.9. The topological polar surface area (TPSA) is 49.4 Å². The molecule has 0 unspecified atom stereocenters. The molecule has 1 aliphatic carbocycles. The molecule has 0 heterocycles. The average molecular weight is 283 g/mol. The van der Waals surface area contributed by atoms with Crippen molar-refractivity contribution >= 4 is 21.8 Å². The predicted octanol–water partition coefficient (Wildman–Crippen LogP) is 1.96. The van der Waals surface area contributed by atoms with Gasteiger partial charge >= 0.3 is 0 Å². The van der Waals surface area contributed by atoms with Gasteiger partial charge in [-0.15, -0.1) is 11.6 Å². The summed E-state index contributed by atoms with van der Waals surface area (Å²) in [5, 5.41) is 0.279.